The third-order valence-corrected chi connectivity index (χ3v) is 12.1. The van der Waals surface area contributed by atoms with E-state index in [1.807, 2.05) is 0 Å². The molecule has 11 rings (SSSR count). The molecule has 1 spiro atoms. The van der Waals surface area contributed by atoms with Crippen molar-refractivity contribution in [2.24, 2.45) is 0 Å². The fourth-order valence-corrected chi connectivity index (χ4v) is 10.0. The molecule has 1 aromatic heterocycles. The molecule has 0 saturated carbocycles. The SMILES string of the molecule is C1=CC2=C(CC1)c1ccc(C3=Cc4c5c(n(-c6cccc(-c7ccccc7)c6)c4CC3)CCC=C5)cc1C21c2ccccc2-c2ccccc21. The van der Waals surface area contributed by atoms with Crippen molar-refractivity contribution in [3.05, 3.63) is 195 Å². The fourth-order valence-electron chi connectivity index (χ4n) is 10.0. The first-order valence-electron chi connectivity index (χ1n) is 18.3. The summed E-state index contributed by atoms with van der Waals surface area (Å²) in [6.45, 7) is 0. The van der Waals surface area contributed by atoms with Crippen molar-refractivity contribution in [2.45, 2.75) is 43.9 Å². The van der Waals surface area contributed by atoms with Gasteiger partial charge in [0.25, 0.3) is 0 Å². The second-order valence-electron chi connectivity index (χ2n) is 14.5. The molecule has 5 aliphatic carbocycles. The summed E-state index contributed by atoms with van der Waals surface area (Å²) in [7, 11) is 0. The summed E-state index contributed by atoms with van der Waals surface area (Å²) < 4.78 is 2.60. The van der Waals surface area contributed by atoms with Crippen LogP contribution in [0.2, 0.25) is 0 Å². The summed E-state index contributed by atoms with van der Waals surface area (Å²) in [5.74, 6) is 0. The molecule has 6 aromatic rings. The zero-order valence-corrected chi connectivity index (χ0v) is 28.1. The predicted octanol–water partition coefficient (Wildman–Crippen LogP) is 12.0. The zero-order chi connectivity index (χ0) is 32.8. The van der Waals surface area contributed by atoms with Crippen molar-refractivity contribution in [3.8, 4) is 27.9 Å². The van der Waals surface area contributed by atoms with Gasteiger partial charge in [0.15, 0.2) is 0 Å². The van der Waals surface area contributed by atoms with Crippen molar-refractivity contribution in [1.82, 2.24) is 4.57 Å². The second-order valence-corrected chi connectivity index (χ2v) is 14.5. The number of fused-ring (bicyclic) bond motifs is 12. The summed E-state index contributed by atoms with van der Waals surface area (Å²) in [5.41, 5.74) is 23.7. The normalized spacial score (nSPS) is 17.2. The summed E-state index contributed by atoms with van der Waals surface area (Å²) in [4.78, 5) is 0. The Kier molecular flexibility index (Phi) is 6.02. The van der Waals surface area contributed by atoms with Crippen molar-refractivity contribution in [1.29, 1.82) is 0 Å². The Morgan fingerprint density at radius 1 is 0.480 bits per heavy atom. The summed E-state index contributed by atoms with van der Waals surface area (Å²) in [6.07, 6.45) is 18.6. The van der Waals surface area contributed by atoms with E-state index in [4.69, 9.17) is 0 Å². The number of hydrogen-bond acceptors (Lipinski definition) is 0. The van der Waals surface area contributed by atoms with Gasteiger partial charge in [-0.1, -0.05) is 127 Å². The van der Waals surface area contributed by atoms with E-state index in [-0.39, 0.29) is 5.41 Å². The van der Waals surface area contributed by atoms with Crippen LogP contribution in [0.5, 0.6) is 0 Å². The van der Waals surface area contributed by atoms with E-state index in [0.717, 1.165) is 38.5 Å². The largest absolute Gasteiger partial charge is 0.317 e. The highest BCUT2D eigenvalue weighted by atomic mass is 15.0. The van der Waals surface area contributed by atoms with Crippen LogP contribution < -0.4 is 0 Å². The molecule has 0 atom stereocenters. The van der Waals surface area contributed by atoms with Gasteiger partial charge < -0.3 is 4.57 Å². The van der Waals surface area contributed by atoms with E-state index in [9.17, 15) is 0 Å². The van der Waals surface area contributed by atoms with E-state index in [2.05, 4.69) is 156 Å². The minimum absolute atomic E-state index is 0.264. The van der Waals surface area contributed by atoms with Crippen molar-refractivity contribution >= 4 is 23.3 Å². The predicted molar refractivity (Wildman–Crippen MR) is 208 cm³/mol. The monoisotopic (exact) mass is 639 g/mol. The summed E-state index contributed by atoms with van der Waals surface area (Å²) in [6, 6.07) is 45.7. The Morgan fingerprint density at radius 3 is 2.04 bits per heavy atom. The third kappa shape index (κ3) is 3.78. The first kappa shape index (κ1) is 28.2. The zero-order valence-electron chi connectivity index (χ0n) is 28.1. The molecule has 0 bridgehead atoms. The molecule has 50 heavy (non-hydrogen) atoms. The number of aromatic nitrogens is 1. The van der Waals surface area contributed by atoms with Gasteiger partial charge in [-0.3, -0.25) is 0 Å². The molecule has 5 aliphatic rings. The van der Waals surface area contributed by atoms with Gasteiger partial charge in [0.1, 0.15) is 0 Å². The molecule has 1 nitrogen and oxygen atoms in total. The second kappa shape index (κ2) is 10.7. The number of nitrogens with zero attached hydrogens (tertiary/aromatic N) is 1. The first-order valence-corrected chi connectivity index (χ1v) is 18.3. The third-order valence-electron chi connectivity index (χ3n) is 12.1. The highest BCUT2D eigenvalue weighted by Crippen LogP contribution is 2.63. The Balaban J connectivity index is 1.08. The lowest BCUT2D eigenvalue weighted by atomic mass is 9.68. The minimum Gasteiger partial charge on any atom is -0.317 e. The smallest absolute Gasteiger partial charge is 0.0722 e. The van der Waals surface area contributed by atoms with Crippen LogP contribution in [0.4, 0.5) is 0 Å². The van der Waals surface area contributed by atoms with Crippen LogP contribution in [-0.2, 0) is 18.3 Å². The number of rotatable bonds is 3. The minimum atomic E-state index is -0.264. The maximum absolute atomic E-state index is 2.60. The van der Waals surface area contributed by atoms with Gasteiger partial charge in [-0.25, -0.2) is 0 Å². The van der Waals surface area contributed by atoms with Gasteiger partial charge in [0, 0.05) is 28.2 Å². The lowest BCUT2D eigenvalue weighted by Gasteiger charge is -2.32. The van der Waals surface area contributed by atoms with Crippen LogP contribution in [0.25, 0.3) is 51.2 Å². The van der Waals surface area contributed by atoms with Crippen LogP contribution in [0.3, 0.4) is 0 Å². The van der Waals surface area contributed by atoms with Crippen molar-refractivity contribution in [3.63, 3.8) is 0 Å². The lowest BCUT2D eigenvalue weighted by Crippen LogP contribution is -2.27. The van der Waals surface area contributed by atoms with E-state index in [1.54, 1.807) is 0 Å². The summed E-state index contributed by atoms with van der Waals surface area (Å²) >= 11 is 0. The van der Waals surface area contributed by atoms with Crippen LogP contribution in [-0.4, -0.2) is 4.57 Å². The molecular weight excluding hydrogens is 603 g/mol. The Labute approximate surface area is 294 Å². The van der Waals surface area contributed by atoms with Crippen LogP contribution in [0, 0.1) is 0 Å². The highest BCUT2D eigenvalue weighted by Gasteiger charge is 2.52. The topological polar surface area (TPSA) is 4.93 Å². The van der Waals surface area contributed by atoms with Crippen molar-refractivity contribution < 1.29 is 0 Å². The molecule has 238 valence electrons. The lowest BCUT2D eigenvalue weighted by molar-refractivity contribution is 0.779. The highest BCUT2D eigenvalue weighted by molar-refractivity contribution is 5.97. The van der Waals surface area contributed by atoms with Gasteiger partial charge in [-0.05, 0) is 130 Å². The van der Waals surface area contributed by atoms with Gasteiger partial charge in [-0.15, -0.1) is 0 Å². The molecule has 0 amide bonds. The molecule has 0 fully saturated rings. The molecule has 0 N–H and O–H groups in total. The molecule has 0 radical (unpaired) electrons. The van der Waals surface area contributed by atoms with E-state index < -0.39 is 0 Å². The Hall–Kier alpha value is -5.66. The molecule has 0 unspecified atom stereocenters. The quantitative estimate of drug-likeness (QED) is 0.182. The average molecular weight is 640 g/mol. The van der Waals surface area contributed by atoms with E-state index >= 15 is 0 Å². The van der Waals surface area contributed by atoms with Crippen LogP contribution in [0.15, 0.2) is 145 Å². The van der Waals surface area contributed by atoms with E-state index in [0.29, 0.717) is 0 Å². The standard InChI is InChI=1S/C49H37N/c1-2-13-32(14-3-1)33-15-12-16-36(29-33)50-47-24-11-7-20-41(47)42-30-34(26-28-48(42)50)35-25-27-40-39-19-6-10-23-45(39)49(46(40)31-35)43-21-8-4-17-37(43)38-18-5-9-22-44(38)49/h1-5,7-10,12-18,20-23,25,27,29-31H,6,11,19,24,26,28H2. The fraction of sp³-hybridized carbons (Fsp3) is 0.143. The average Bonchev–Trinajstić information content (AvgIpc) is 3.80. The van der Waals surface area contributed by atoms with Crippen LogP contribution >= 0.6 is 0 Å². The maximum Gasteiger partial charge on any atom is 0.0722 e. The summed E-state index contributed by atoms with van der Waals surface area (Å²) in [5, 5.41) is 0. The molecule has 0 saturated heterocycles. The Morgan fingerprint density at radius 2 is 1.20 bits per heavy atom. The molecule has 1 heterocycles. The van der Waals surface area contributed by atoms with Gasteiger partial charge in [0.2, 0.25) is 0 Å². The number of hydrogen-bond donors (Lipinski definition) is 0. The molecule has 0 aliphatic heterocycles. The molecule has 1 heteroatoms. The molecular formula is C49H37N. The first-order chi connectivity index (χ1) is 24.8. The molecule has 5 aromatic carbocycles. The maximum atomic E-state index is 2.60. The van der Waals surface area contributed by atoms with Gasteiger partial charge in [0.05, 0.1) is 5.41 Å². The van der Waals surface area contributed by atoms with Gasteiger partial charge in [-0.2, -0.15) is 0 Å². The Bertz CT molecular complexity index is 2480. The van der Waals surface area contributed by atoms with Crippen molar-refractivity contribution in [2.75, 3.05) is 0 Å². The number of benzene rings is 5. The van der Waals surface area contributed by atoms with E-state index in [1.165, 1.54) is 95.0 Å². The van der Waals surface area contributed by atoms with Crippen LogP contribution in [0.1, 0.15) is 76.0 Å². The number of allylic oxidation sites excluding steroid dienone is 6. The van der Waals surface area contributed by atoms with Gasteiger partial charge >= 0.3 is 0 Å².